The number of anilines is 1. The summed E-state index contributed by atoms with van der Waals surface area (Å²) in [6, 6.07) is 2.13. The molecular formula is C28H26F2N6O3S. The quantitative estimate of drug-likeness (QED) is 0.360. The fourth-order valence-electron chi connectivity index (χ4n) is 6.08. The van der Waals surface area contributed by atoms with Gasteiger partial charge in [0.05, 0.1) is 55.2 Å². The molecule has 2 aliphatic heterocycles. The standard InChI is InChI=1S/C28H26F2N6O3S/c29-19-10-33-24(21-15(8-31)26(32)40-25(19)21)20-18-12-38-11-17(18)16-9-34-27(35-23(16)22(20)30)39-14-28(2-1-3-28)13-36-4-6-37-7-5-36/h9-10H,1-7,11-14,32H2. The van der Waals surface area contributed by atoms with E-state index in [1.165, 1.54) is 0 Å². The molecule has 40 heavy (non-hydrogen) atoms. The van der Waals surface area contributed by atoms with E-state index in [0.717, 1.165) is 75.2 Å². The van der Waals surface area contributed by atoms with Gasteiger partial charge in [-0.15, -0.1) is 11.3 Å². The molecule has 0 spiro atoms. The number of nitriles is 1. The molecule has 7 rings (SSSR count). The molecule has 1 saturated carbocycles. The molecule has 4 aromatic rings. The molecule has 2 fully saturated rings. The van der Waals surface area contributed by atoms with Crippen LogP contribution in [0.2, 0.25) is 0 Å². The van der Waals surface area contributed by atoms with E-state index in [9.17, 15) is 9.65 Å². The molecule has 206 valence electrons. The second-order valence-electron chi connectivity index (χ2n) is 10.7. The monoisotopic (exact) mass is 564 g/mol. The van der Waals surface area contributed by atoms with Gasteiger partial charge >= 0.3 is 6.01 Å². The number of nitrogen functional groups attached to an aromatic ring is 1. The van der Waals surface area contributed by atoms with Gasteiger partial charge in [0.15, 0.2) is 11.6 Å². The highest BCUT2D eigenvalue weighted by molar-refractivity contribution is 7.23. The SMILES string of the molecule is N#Cc1c(N)sc2c(F)cnc(-c3c4c(c5cnc(OCC6(CN7CCOCC7)CCC6)nc5c3F)COC4)c12. The highest BCUT2D eigenvalue weighted by Crippen LogP contribution is 2.45. The summed E-state index contributed by atoms with van der Waals surface area (Å²) < 4.78 is 48.6. The number of benzene rings is 1. The Morgan fingerprint density at radius 2 is 1.93 bits per heavy atom. The molecule has 0 amide bonds. The number of nitrogens with zero attached hydrogens (tertiary/aromatic N) is 5. The summed E-state index contributed by atoms with van der Waals surface area (Å²) >= 11 is 0.943. The molecule has 1 aliphatic carbocycles. The van der Waals surface area contributed by atoms with Gasteiger partial charge in [-0.25, -0.2) is 13.8 Å². The van der Waals surface area contributed by atoms with E-state index in [0.29, 0.717) is 17.6 Å². The topological polar surface area (TPSA) is 119 Å². The largest absolute Gasteiger partial charge is 0.463 e. The predicted octanol–water partition coefficient (Wildman–Crippen LogP) is 4.55. The number of nitrogens with two attached hydrogens (primary N) is 1. The van der Waals surface area contributed by atoms with Crippen LogP contribution in [0.1, 0.15) is 36.0 Å². The summed E-state index contributed by atoms with van der Waals surface area (Å²) in [6.45, 7) is 5.04. The third-order valence-corrected chi connectivity index (χ3v) is 9.33. The minimum absolute atomic E-state index is 0.0152. The molecule has 1 saturated heterocycles. The third-order valence-electron chi connectivity index (χ3n) is 8.31. The van der Waals surface area contributed by atoms with Gasteiger partial charge in [-0.1, -0.05) is 6.42 Å². The number of pyridine rings is 1. The number of hydrogen-bond donors (Lipinski definition) is 1. The summed E-state index contributed by atoms with van der Waals surface area (Å²) in [5, 5.41) is 10.6. The first-order chi connectivity index (χ1) is 19.5. The maximum atomic E-state index is 16.5. The molecule has 5 heterocycles. The van der Waals surface area contributed by atoms with E-state index in [1.54, 1.807) is 6.20 Å². The van der Waals surface area contributed by atoms with Crippen molar-refractivity contribution in [2.45, 2.75) is 32.5 Å². The van der Waals surface area contributed by atoms with Crippen LogP contribution < -0.4 is 10.5 Å². The molecule has 0 bridgehead atoms. The normalized spacial score (nSPS) is 18.5. The first-order valence-corrected chi connectivity index (χ1v) is 14.1. The van der Waals surface area contributed by atoms with Crippen molar-refractivity contribution in [1.29, 1.82) is 5.26 Å². The molecule has 0 unspecified atom stereocenters. The first-order valence-electron chi connectivity index (χ1n) is 13.3. The van der Waals surface area contributed by atoms with Gasteiger partial charge < -0.3 is 19.9 Å². The number of fused-ring (bicyclic) bond motifs is 4. The summed E-state index contributed by atoms with van der Waals surface area (Å²) in [5.74, 6) is -1.27. The van der Waals surface area contributed by atoms with Gasteiger partial charge in [-0.2, -0.15) is 10.2 Å². The number of morpholine rings is 1. The van der Waals surface area contributed by atoms with Crippen LogP contribution in [-0.2, 0) is 22.7 Å². The van der Waals surface area contributed by atoms with Gasteiger partial charge in [0.25, 0.3) is 0 Å². The summed E-state index contributed by atoms with van der Waals surface area (Å²) in [7, 11) is 0. The lowest BCUT2D eigenvalue weighted by Crippen LogP contribution is -2.49. The summed E-state index contributed by atoms with van der Waals surface area (Å²) in [5.41, 5.74) is 7.77. The molecule has 3 aromatic heterocycles. The lowest BCUT2D eigenvalue weighted by atomic mass is 9.69. The third kappa shape index (κ3) is 4.07. The molecule has 1 aromatic carbocycles. The van der Waals surface area contributed by atoms with Gasteiger partial charge in [-0.3, -0.25) is 9.88 Å². The Morgan fingerprint density at radius 1 is 1.12 bits per heavy atom. The Morgan fingerprint density at radius 3 is 2.67 bits per heavy atom. The molecule has 2 N–H and O–H groups in total. The van der Waals surface area contributed by atoms with Gasteiger partial charge in [0.2, 0.25) is 0 Å². The number of halogens is 2. The maximum Gasteiger partial charge on any atom is 0.317 e. The van der Waals surface area contributed by atoms with E-state index in [4.69, 9.17) is 19.9 Å². The zero-order valence-corrected chi connectivity index (χ0v) is 22.5. The average molecular weight is 565 g/mol. The number of rotatable bonds is 6. The van der Waals surface area contributed by atoms with Crippen LogP contribution in [0.5, 0.6) is 6.01 Å². The van der Waals surface area contributed by atoms with Crippen molar-refractivity contribution in [3.8, 4) is 23.3 Å². The van der Waals surface area contributed by atoms with Crippen molar-refractivity contribution in [2.75, 3.05) is 45.2 Å². The van der Waals surface area contributed by atoms with Crippen LogP contribution in [-0.4, -0.2) is 59.3 Å². The van der Waals surface area contributed by atoms with E-state index < -0.39 is 11.6 Å². The summed E-state index contributed by atoms with van der Waals surface area (Å²) in [4.78, 5) is 15.6. The van der Waals surface area contributed by atoms with Crippen LogP contribution in [0.4, 0.5) is 13.8 Å². The van der Waals surface area contributed by atoms with Gasteiger partial charge in [0, 0.05) is 47.6 Å². The zero-order chi connectivity index (χ0) is 27.4. The highest BCUT2D eigenvalue weighted by atomic mass is 32.1. The van der Waals surface area contributed by atoms with Gasteiger partial charge in [-0.05, 0) is 24.0 Å². The Kier molecular flexibility index (Phi) is 6.27. The van der Waals surface area contributed by atoms with Crippen LogP contribution in [0.3, 0.4) is 0 Å². The van der Waals surface area contributed by atoms with Crippen molar-refractivity contribution < 1.29 is 23.0 Å². The zero-order valence-electron chi connectivity index (χ0n) is 21.6. The van der Waals surface area contributed by atoms with Crippen molar-refractivity contribution in [3.63, 3.8) is 0 Å². The van der Waals surface area contributed by atoms with E-state index in [2.05, 4.69) is 19.9 Å². The van der Waals surface area contributed by atoms with E-state index >= 15 is 4.39 Å². The van der Waals surface area contributed by atoms with Crippen molar-refractivity contribution >= 4 is 37.3 Å². The van der Waals surface area contributed by atoms with Crippen LogP contribution in [0.25, 0.3) is 32.2 Å². The Balaban J connectivity index is 1.29. The second kappa shape index (κ2) is 9.85. The maximum absolute atomic E-state index is 16.5. The number of aromatic nitrogens is 3. The Bertz CT molecular complexity index is 1690. The number of hydrogen-bond acceptors (Lipinski definition) is 10. The second-order valence-corrected chi connectivity index (χ2v) is 11.7. The Hall–Kier alpha value is -3.50. The fraction of sp³-hybridized carbons (Fsp3) is 0.429. The van der Waals surface area contributed by atoms with Crippen LogP contribution >= 0.6 is 11.3 Å². The lowest BCUT2D eigenvalue weighted by molar-refractivity contribution is -0.0255. The Labute approximate surface area is 232 Å². The predicted molar refractivity (Wildman–Crippen MR) is 145 cm³/mol. The van der Waals surface area contributed by atoms with Gasteiger partial charge in [0.1, 0.15) is 16.6 Å². The minimum atomic E-state index is -0.646. The molecule has 12 heteroatoms. The smallest absolute Gasteiger partial charge is 0.317 e. The van der Waals surface area contributed by atoms with Crippen molar-refractivity contribution in [3.05, 3.63) is 40.7 Å². The molecule has 0 atom stereocenters. The van der Waals surface area contributed by atoms with Crippen LogP contribution in [0.15, 0.2) is 12.4 Å². The van der Waals surface area contributed by atoms with Crippen molar-refractivity contribution in [2.24, 2.45) is 5.41 Å². The van der Waals surface area contributed by atoms with Crippen LogP contribution in [0, 0.1) is 28.4 Å². The lowest BCUT2D eigenvalue weighted by Gasteiger charge is -2.45. The first kappa shape index (κ1) is 25.5. The molecule has 0 radical (unpaired) electrons. The highest BCUT2D eigenvalue weighted by Gasteiger charge is 2.40. The average Bonchev–Trinajstić information content (AvgIpc) is 3.56. The fourth-order valence-corrected chi connectivity index (χ4v) is 7.00. The number of thiophene rings is 1. The van der Waals surface area contributed by atoms with Crippen molar-refractivity contribution in [1.82, 2.24) is 19.9 Å². The minimum Gasteiger partial charge on any atom is -0.463 e. The molecule has 9 nitrogen and oxygen atoms in total. The van der Waals surface area contributed by atoms with E-state index in [-0.39, 0.29) is 62.1 Å². The molecular weight excluding hydrogens is 538 g/mol. The summed E-state index contributed by atoms with van der Waals surface area (Å²) in [6.07, 6.45) is 5.86. The van der Waals surface area contributed by atoms with E-state index in [1.807, 2.05) is 6.07 Å². The number of ether oxygens (including phenoxy) is 3. The molecule has 3 aliphatic rings.